The van der Waals surface area contributed by atoms with Gasteiger partial charge in [0.2, 0.25) is 0 Å². The van der Waals surface area contributed by atoms with Crippen LogP contribution in [0.5, 0.6) is 0 Å². The Morgan fingerprint density at radius 1 is 1.64 bits per heavy atom. The van der Waals surface area contributed by atoms with Crippen LogP contribution in [0, 0.1) is 0 Å². The molecule has 11 heavy (non-hydrogen) atoms. The average Bonchev–Trinajstić information content (AvgIpc) is 2.31. The van der Waals surface area contributed by atoms with Crippen LogP contribution in [0.3, 0.4) is 0 Å². The largest absolute Gasteiger partial charge is 0.480 e. The Balaban J connectivity index is 2.20. The number of carboxylic acid groups (broad SMARTS) is 1. The first-order valence-corrected chi connectivity index (χ1v) is 3.79. The van der Waals surface area contributed by atoms with Gasteiger partial charge in [-0.15, -0.1) is 0 Å². The summed E-state index contributed by atoms with van der Waals surface area (Å²) >= 11 is 0. The summed E-state index contributed by atoms with van der Waals surface area (Å²) in [7, 11) is 0. The molecule has 3 nitrogen and oxygen atoms in total. The van der Waals surface area contributed by atoms with Crippen molar-refractivity contribution in [2.75, 3.05) is 6.54 Å². The third-order valence-corrected chi connectivity index (χ3v) is 1.95. The molecule has 0 aromatic carbocycles. The van der Waals surface area contributed by atoms with E-state index < -0.39 is 12.1 Å². The van der Waals surface area contributed by atoms with Crippen LogP contribution in [-0.2, 0) is 4.79 Å². The van der Waals surface area contributed by atoms with Crippen molar-refractivity contribution in [3.05, 3.63) is 0 Å². The minimum Gasteiger partial charge on any atom is -0.480 e. The fraction of sp³-hybridized carbons (Fsp3) is 0.857. The Morgan fingerprint density at radius 3 is 2.82 bits per heavy atom. The molecule has 0 amide bonds. The van der Waals surface area contributed by atoms with Gasteiger partial charge in [-0.1, -0.05) is 0 Å². The first-order valence-electron chi connectivity index (χ1n) is 3.79. The highest BCUT2D eigenvalue weighted by atomic mass is 19.1. The maximum atomic E-state index is 12.8. The molecule has 1 fully saturated rings. The van der Waals surface area contributed by atoms with Gasteiger partial charge in [-0.25, -0.2) is 4.39 Å². The second kappa shape index (κ2) is 3.67. The monoisotopic (exact) mass is 161 g/mol. The van der Waals surface area contributed by atoms with Gasteiger partial charge in [-0.2, -0.15) is 0 Å². The number of hydrogen-bond acceptors (Lipinski definition) is 2. The lowest BCUT2D eigenvalue weighted by Crippen LogP contribution is -2.36. The Hall–Kier alpha value is -0.640. The molecule has 0 aliphatic heterocycles. The van der Waals surface area contributed by atoms with Crippen molar-refractivity contribution in [3.8, 4) is 0 Å². The standard InChI is InChI=1S/C7H12FNO2/c8-5-2-1-3-6(5)9-4-7(10)11/h5-6,9H,1-4H2,(H,10,11)/t5-,6-/m1/s1. The number of aliphatic carboxylic acids is 1. The molecule has 4 heteroatoms. The third-order valence-electron chi connectivity index (χ3n) is 1.95. The Kier molecular flexibility index (Phi) is 2.82. The summed E-state index contributed by atoms with van der Waals surface area (Å²) in [5, 5.41) is 10.9. The number of hydrogen-bond donors (Lipinski definition) is 2. The quantitative estimate of drug-likeness (QED) is 0.635. The smallest absolute Gasteiger partial charge is 0.317 e. The van der Waals surface area contributed by atoms with Gasteiger partial charge in [0.25, 0.3) is 0 Å². The Morgan fingerprint density at radius 2 is 2.36 bits per heavy atom. The molecule has 0 heterocycles. The second-order valence-electron chi connectivity index (χ2n) is 2.83. The van der Waals surface area contributed by atoms with Crippen molar-refractivity contribution in [2.45, 2.75) is 31.5 Å². The predicted molar refractivity (Wildman–Crippen MR) is 38.2 cm³/mol. The number of halogens is 1. The molecule has 2 atom stereocenters. The van der Waals surface area contributed by atoms with Gasteiger partial charge in [0.15, 0.2) is 0 Å². The highest BCUT2D eigenvalue weighted by Crippen LogP contribution is 2.21. The summed E-state index contributed by atoms with van der Waals surface area (Å²) < 4.78 is 12.8. The van der Waals surface area contributed by atoms with E-state index in [4.69, 9.17) is 5.11 Å². The van der Waals surface area contributed by atoms with Crippen LogP contribution in [0.1, 0.15) is 19.3 Å². The van der Waals surface area contributed by atoms with E-state index in [2.05, 4.69) is 5.32 Å². The van der Waals surface area contributed by atoms with Crippen LogP contribution in [-0.4, -0.2) is 29.8 Å². The second-order valence-corrected chi connectivity index (χ2v) is 2.83. The van der Waals surface area contributed by atoms with Crippen LogP contribution in [0.4, 0.5) is 4.39 Å². The van der Waals surface area contributed by atoms with Crippen molar-refractivity contribution in [1.29, 1.82) is 0 Å². The molecule has 0 bridgehead atoms. The van der Waals surface area contributed by atoms with E-state index in [1.807, 2.05) is 0 Å². The van der Waals surface area contributed by atoms with Gasteiger partial charge in [-0.05, 0) is 19.3 Å². The van der Waals surface area contributed by atoms with Gasteiger partial charge in [-0.3, -0.25) is 4.79 Å². The van der Waals surface area contributed by atoms with E-state index >= 15 is 0 Å². The number of nitrogens with one attached hydrogen (secondary N) is 1. The van der Waals surface area contributed by atoms with E-state index in [1.54, 1.807) is 0 Å². The fourth-order valence-electron chi connectivity index (χ4n) is 1.36. The van der Waals surface area contributed by atoms with Gasteiger partial charge < -0.3 is 10.4 Å². The zero-order chi connectivity index (χ0) is 8.27. The van der Waals surface area contributed by atoms with Crippen LogP contribution in [0.25, 0.3) is 0 Å². The predicted octanol–water partition coefficient (Wildman–Crippen LogP) is 0.551. The Bertz CT molecular complexity index is 151. The van der Waals surface area contributed by atoms with Crippen molar-refractivity contribution < 1.29 is 14.3 Å². The number of carboxylic acids is 1. The van der Waals surface area contributed by atoms with Gasteiger partial charge in [0, 0.05) is 6.04 Å². The molecule has 0 unspecified atom stereocenters. The first-order chi connectivity index (χ1) is 5.20. The molecule has 0 spiro atoms. The van der Waals surface area contributed by atoms with Crippen LogP contribution >= 0.6 is 0 Å². The number of alkyl halides is 1. The molecular formula is C7H12FNO2. The molecule has 0 saturated heterocycles. The normalized spacial score (nSPS) is 30.6. The summed E-state index contributed by atoms with van der Waals surface area (Å²) in [5.41, 5.74) is 0. The lowest BCUT2D eigenvalue weighted by molar-refractivity contribution is -0.136. The lowest BCUT2D eigenvalue weighted by atomic mass is 10.2. The zero-order valence-corrected chi connectivity index (χ0v) is 6.22. The van der Waals surface area contributed by atoms with E-state index in [0.29, 0.717) is 6.42 Å². The zero-order valence-electron chi connectivity index (χ0n) is 6.22. The minimum absolute atomic E-state index is 0.134. The topological polar surface area (TPSA) is 49.3 Å². The lowest BCUT2D eigenvalue weighted by Gasteiger charge is -2.12. The van der Waals surface area contributed by atoms with Crippen molar-refractivity contribution >= 4 is 5.97 Å². The summed E-state index contributed by atoms with van der Waals surface area (Å²) in [6, 6.07) is -0.230. The van der Waals surface area contributed by atoms with E-state index in [-0.39, 0.29) is 12.6 Å². The van der Waals surface area contributed by atoms with Crippen LogP contribution < -0.4 is 5.32 Å². The van der Waals surface area contributed by atoms with Gasteiger partial charge >= 0.3 is 5.97 Å². The molecule has 1 saturated carbocycles. The summed E-state index contributed by atoms with van der Waals surface area (Å²) in [4.78, 5) is 10.1. The van der Waals surface area contributed by atoms with Gasteiger partial charge in [0.05, 0.1) is 6.54 Å². The fourth-order valence-corrected chi connectivity index (χ4v) is 1.36. The van der Waals surface area contributed by atoms with E-state index in [1.165, 1.54) is 0 Å². The maximum Gasteiger partial charge on any atom is 0.317 e. The Labute approximate surface area is 64.6 Å². The highest BCUT2D eigenvalue weighted by Gasteiger charge is 2.26. The molecule has 2 N–H and O–H groups in total. The van der Waals surface area contributed by atoms with Gasteiger partial charge in [0.1, 0.15) is 6.17 Å². The number of carbonyl (C=O) groups is 1. The molecule has 0 radical (unpaired) electrons. The van der Waals surface area contributed by atoms with Crippen molar-refractivity contribution in [2.24, 2.45) is 0 Å². The third kappa shape index (κ3) is 2.46. The number of rotatable bonds is 3. The summed E-state index contributed by atoms with van der Waals surface area (Å²) in [5.74, 6) is -0.927. The van der Waals surface area contributed by atoms with Crippen molar-refractivity contribution in [3.63, 3.8) is 0 Å². The molecule has 0 aromatic rings. The molecular weight excluding hydrogens is 149 g/mol. The van der Waals surface area contributed by atoms with Crippen LogP contribution in [0.2, 0.25) is 0 Å². The average molecular weight is 161 g/mol. The first kappa shape index (κ1) is 8.46. The van der Waals surface area contributed by atoms with E-state index in [0.717, 1.165) is 12.8 Å². The SMILES string of the molecule is O=C(O)CN[C@@H]1CCC[C@H]1F. The van der Waals surface area contributed by atoms with Crippen molar-refractivity contribution in [1.82, 2.24) is 5.32 Å². The molecule has 1 rings (SSSR count). The highest BCUT2D eigenvalue weighted by molar-refractivity contribution is 5.69. The molecule has 64 valence electrons. The molecule has 1 aliphatic carbocycles. The summed E-state index contributed by atoms with van der Waals surface area (Å²) in [6.45, 7) is -0.134. The summed E-state index contributed by atoms with van der Waals surface area (Å²) in [6.07, 6.45) is 1.33. The van der Waals surface area contributed by atoms with Crippen LogP contribution in [0.15, 0.2) is 0 Å². The maximum absolute atomic E-state index is 12.8. The molecule has 1 aliphatic rings. The van der Waals surface area contributed by atoms with E-state index in [9.17, 15) is 9.18 Å². The minimum atomic E-state index is -0.927. The molecule has 0 aromatic heterocycles.